The first-order valence-corrected chi connectivity index (χ1v) is 9.31. The Bertz CT molecular complexity index is 336. The molecule has 0 aromatic rings. The number of hydrogen-bond acceptors (Lipinski definition) is 2. The normalized spacial score (nSPS) is 15.0. The highest BCUT2D eigenvalue weighted by atomic mass is 16.4. The molecular formula is C19H38NO3+. The van der Waals surface area contributed by atoms with E-state index in [0.29, 0.717) is 12.8 Å². The summed E-state index contributed by atoms with van der Waals surface area (Å²) < 4.78 is 0.841. The highest BCUT2D eigenvalue weighted by molar-refractivity contribution is 5.69. The van der Waals surface area contributed by atoms with Gasteiger partial charge in [0.2, 0.25) is 0 Å². The van der Waals surface area contributed by atoms with Crippen LogP contribution in [0.15, 0.2) is 12.2 Å². The van der Waals surface area contributed by atoms with Crippen molar-refractivity contribution in [2.45, 2.75) is 72.3 Å². The first kappa shape index (κ1) is 22.1. The SMILES string of the molecule is CCC/C=C/CC(O)C[N+](CCC)(CCC)CCC(C)C(=O)O. The molecule has 0 aliphatic heterocycles. The number of carboxylic acids is 1. The molecule has 0 saturated carbocycles. The van der Waals surface area contributed by atoms with Crippen molar-refractivity contribution in [1.29, 1.82) is 0 Å². The number of unbranched alkanes of at least 4 members (excludes halogenated alkanes) is 1. The van der Waals surface area contributed by atoms with Gasteiger partial charge in [0.15, 0.2) is 0 Å². The second-order valence-corrected chi connectivity index (χ2v) is 6.87. The Labute approximate surface area is 142 Å². The van der Waals surface area contributed by atoms with Gasteiger partial charge < -0.3 is 14.7 Å². The molecule has 0 aromatic heterocycles. The zero-order valence-corrected chi connectivity index (χ0v) is 15.6. The number of aliphatic hydroxyl groups excluding tert-OH is 1. The number of aliphatic hydroxyl groups is 1. The molecule has 0 aliphatic rings. The van der Waals surface area contributed by atoms with E-state index in [1.54, 1.807) is 6.92 Å². The highest BCUT2D eigenvalue weighted by Gasteiger charge is 2.29. The van der Waals surface area contributed by atoms with E-state index in [1.165, 1.54) is 0 Å². The van der Waals surface area contributed by atoms with Crippen molar-refractivity contribution >= 4 is 5.97 Å². The molecule has 0 fully saturated rings. The number of carbonyl (C=O) groups is 1. The van der Waals surface area contributed by atoms with Crippen LogP contribution >= 0.6 is 0 Å². The predicted octanol–water partition coefficient (Wildman–Crippen LogP) is 3.84. The molecule has 0 rings (SSSR count). The topological polar surface area (TPSA) is 57.5 Å². The maximum absolute atomic E-state index is 11.1. The molecule has 0 spiro atoms. The van der Waals surface area contributed by atoms with Crippen molar-refractivity contribution in [1.82, 2.24) is 0 Å². The fraction of sp³-hybridized carbons (Fsp3) is 0.842. The molecule has 0 heterocycles. The number of nitrogens with zero attached hydrogens (tertiary/aromatic N) is 1. The number of carboxylic acid groups (broad SMARTS) is 1. The number of quaternary nitrogens is 1. The zero-order valence-electron chi connectivity index (χ0n) is 15.6. The summed E-state index contributed by atoms with van der Waals surface area (Å²) in [6.07, 6.45) is 9.55. The first-order valence-electron chi connectivity index (χ1n) is 9.31. The minimum absolute atomic E-state index is 0.317. The van der Waals surface area contributed by atoms with Gasteiger partial charge in [0, 0.05) is 6.42 Å². The minimum Gasteiger partial charge on any atom is -0.481 e. The number of aliphatic carboxylic acids is 1. The fourth-order valence-corrected chi connectivity index (χ4v) is 3.21. The Hall–Kier alpha value is -0.870. The summed E-state index contributed by atoms with van der Waals surface area (Å²) in [4.78, 5) is 11.1. The third kappa shape index (κ3) is 9.77. The van der Waals surface area contributed by atoms with Crippen LogP contribution in [0.4, 0.5) is 0 Å². The van der Waals surface area contributed by atoms with Crippen LogP contribution in [0, 0.1) is 5.92 Å². The van der Waals surface area contributed by atoms with Gasteiger partial charge in [-0.15, -0.1) is 0 Å². The van der Waals surface area contributed by atoms with E-state index in [4.69, 9.17) is 5.11 Å². The Morgan fingerprint density at radius 2 is 1.65 bits per heavy atom. The lowest BCUT2D eigenvalue weighted by Crippen LogP contribution is -2.54. The van der Waals surface area contributed by atoms with E-state index >= 15 is 0 Å². The highest BCUT2D eigenvalue weighted by Crippen LogP contribution is 2.17. The molecule has 0 bridgehead atoms. The number of rotatable bonds is 14. The lowest BCUT2D eigenvalue weighted by Gasteiger charge is -2.40. The van der Waals surface area contributed by atoms with Gasteiger partial charge in [-0.1, -0.05) is 46.3 Å². The standard InChI is InChI=1S/C19H37NO3/c1-5-8-9-10-11-18(21)16-20(13-6-2,14-7-3)15-12-17(4)19(22)23/h9-10,17-18,21H,5-8,11-16H2,1-4H3/p+1/b10-9+. The van der Waals surface area contributed by atoms with Crippen molar-refractivity contribution in [2.24, 2.45) is 5.92 Å². The Morgan fingerprint density at radius 3 is 2.13 bits per heavy atom. The average Bonchev–Trinajstić information content (AvgIpc) is 2.49. The van der Waals surface area contributed by atoms with E-state index < -0.39 is 5.97 Å². The van der Waals surface area contributed by atoms with Gasteiger partial charge in [-0.25, -0.2) is 0 Å². The molecule has 2 N–H and O–H groups in total. The molecule has 0 aromatic carbocycles. The molecule has 4 heteroatoms. The quantitative estimate of drug-likeness (QED) is 0.376. The van der Waals surface area contributed by atoms with Crippen molar-refractivity contribution in [3.05, 3.63) is 12.2 Å². The molecule has 0 radical (unpaired) electrons. The van der Waals surface area contributed by atoms with E-state index in [0.717, 1.165) is 56.3 Å². The molecule has 4 nitrogen and oxygen atoms in total. The van der Waals surface area contributed by atoms with Crippen molar-refractivity contribution in [3.8, 4) is 0 Å². The summed E-state index contributed by atoms with van der Waals surface area (Å²) >= 11 is 0. The second kappa shape index (κ2) is 12.5. The summed E-state index contributed by atoms with van der Waals surface area (Å²) in [5, 5.41) is 19.6. The minimum atomic E-state index is -0.723. The third-order valence-electron chi connectivity index (χ3n) is 4.48. The lowest BCUT2D eigenvalue weighted by atomic mass is 10.1. The van der Waals surface area contributed by atoms with Crippen molar-refractivity contribution in [2.75, 3.05) is 26.2 Å². The maximum Gasteiger partial charge on any atom is 0.306 e. The Kier molecular flexibility index (Phi) is 12.1. The summed E-state index contributed by atoms with van der Waals surface area (Å²) in [6, 6.07) is 0. The molecule has 2 unspecified atom stereocenters. The fourth-order valence-electron chi connectivity index (χ4n) is 3.21. The van der Waals surface area contributed by atoms with Gasteiger partial charge in [0.25, 0.3) is 0 Å². The van der Waals surface area contributed by atoms with Gasteiger partial charge in [-0.2, -0.15) is 0 Å². The molecule has 0 amide bonds. The molecular weight excluding hydrogens is 290 g/mol. The smallest absolute Gasteiger partial charge is 0.306 e. The lowest BCUT2D eigenvalue weighted by molar-refractivity contribution is -0.931. The zero-order chi connectivity index (χ0) is 17.7. The third-order valence-corrected chi connectivity index (χ3v) is 4.48. The molecule has 23 heavy (non-hydrogen) atoms. The van der Waals surface area contributed by atoms with Crippen LogP contribution in [0.3, 0.4) is 0 Å². The maximum atomic E-state index is 11.1. The van der Waals surface area contributed by atoms with Crippen LogP contribution < -0.4 is 0 Å². The summed E-state index contributed by atoms with van der Waals surface area (Å²) in [5.41, 5.74) is 0. The molecule has 2 atom stereocenters. The molecule has 0 aliphatic carbocycles. The van der Waals surface area contributed by atoms with Crippen LogP contribution in [0.5, 0.6) is 0 Å². The van der Waals surface area contributed by atoms with Gasteiger partial charge in [0.05, 0.1) is 25.6 Å². The van der Waals surface area contributed by atoms with Crippen LogP contribution in [-0.2, 0) is 4.79 Å². The van der Waals surface area contributed by atoms with E-state index in [2.05, 4.69) is 32.9 Å². The van der Waals surface area contributed by atoms with Crippen molar-refractivity contribution in [3.63, 3.8) is 0 Å². The van der Waals surface area contributed by atoms with Crippen LogP contribution in [0.25, 0.3) is 0 Å². The van der Waals surface area contributed by atoms with Gasteiger partial charge in [-0.3, -0.25) is 4.79 Å². The first-order chi connectivity index (χ1) is 10.9. The number of hydrogen-bond donors (Lipinski definition) is 2. The average molecular weight is 329 g/mol. The Balaban J connectivity index is 4.77. The van der Waals surface area contributed by atoms with Gasteiger partial charge in [-0.05, 0) is 25.7 Å². The second-order valence-electron chi connectivity index (χ2n) is 6.87. The van der Waals surface area contributed by atoms with E-state index in [-0.39, 0.29) is 12.0 Å². The molecule has 136 valence electrons. The predicted molar refractivity (Wildman–Crippen MR) is 96.4 cm³/mol. The van der Waals surface area contributed by atoms with E-state index in [1.807, 2.05) is 0 Å². The van der Waals surface area contributed by atoms with E-state index in [9.17, 15) is 9.90 Å². The summed E-state index contributed by atoms with van der Waals surface area (Å²) in [7, 11) is 0. The number of allylic oxidation sites excluding steroid dienone is 1. The monoisotopic (exact) mass is 328 g/mol. The summed E-state index contributed by atoms with van der Waals surface area (Å²) in [5.74, 6) is -1.04. The van der Waals surface area contributed by atoms with Gasteiger partial charge in [0.1, 0.15) is 12.6 Å². The van der Waals surface area contributed by atoms with Gasteiger partial charge >= 0.3 is 5.97 Å². The van der Waals surface area contributed by atoms with Crippen LogP contribution in [-0.4, -0.2) is 52.9 Å². The molecule has 0 saturated heterocycles. The summed E-state index contributed by atoms with van der Waals surface area (Å²) in [6.45, 7) is 11.8. The van der Waals surface area contributed by atoms with Crippen LogP contribution in [0.2, 0.25) is 0 Å². The Morgan fingerprint density at radius 1 is 1.04 bits per heavy atom. The van der Waals surface area contributed by atoms with Crippen molar-refractivity contribution < 1.29 is 19.5 Å². The van der Waals surface area contributed by atoms with Crippen LogP contribution in [0.1, 0.15) is 66.2 Å². The largest absolute Gasteiger partial charge is 0.481 e.